The molecule has 8 heteroatoms. The Morgan fingerprint density at radius 2 is 2.47 bits per heavy atom. The smallest absolute Gasteiger partial charge is 0.242 e. The van der Waals surface area contributed by atoms with Crippen LogP contribution in [0.1, 0.15) is 9.67 Å². The molecule has 1 unspecified atom stereocenters. The number of nitrogens with two attached hydrogens (primary N) is 1. The summed E-state index contributed by atoms with van der Waals surface area (Å²) in [6.45, 7) is 1.20. The number of aromatic nitrogens is 1. The van der Waals surface area contributed by atoms with E-state index in [2.05, 4.69) is 4.98 Å². The second-order valence-corrected chi connectivity index (χ2v) is 4.82. The number of aldehydes is 1. The van der Waals surface area contributed by atoms with Gasteiger partial charge in [0.15, 0.2) is 16.6 Å². The minimum atomic E-state index is -0.564. The molecule has 0 spiro atoms. The van der Waals surface area contributed by atoms with E-state index in [1.165, 1.54) is 0 Å². The highest BCUT2D eigenvalue weighted by Gasteiger charge is 2.30. The van der Waals surface area contributed by atoms with Gasteiger partial charge in [-0.15, -0.1) is 0 Å². The molecule has 6 nitrogen and oxygen atoms in total. The summed E-state index contributed by atoms with van der Waals surface area (Å²) in [5.74, 6) is -0.483. The number of primary amides is 1. The zero-order chi connectivity index (χ0) is 12.4. The van der Waals surface area contributed by atoms with Crippen molar-refractivity contribution in [2.75, 3.05) is 24.7 Å². The molecule has 0 aliphatic carbocycles. The molecule has 1 aliphatic heterocycles. The fourth-order valence-electron chi connectivity index (χ4n) is 1.57. The molecule has 0 radical (unpaired) electrons. The van der Waals surface area contributed by atoms with Crippen LogP contribution in [0.5, 0.6) is 0 Å². The number of carbonyl (C=O) groups excluding carboxylic acids is 2. The Morgan fingerprint density at radius 3 is 3.06 bits per heavy atom. The monoisotopic (exact) mass is 275 g/mol. The van der Waals surface area contributed by atoms with Gasteiger partial charge in [0, 0.05) is 6.54 Å². The SMILES string of the molecule is NC(=O)C1COCCN1c1nc(Cl)c(C=O)s1. The van der Waals surface area contributed by atoms with Gasteiger partial charge in [-0.3, -0.25) is 9.59 Å². The number of ether oxygens (including phenoxy) is 1. The zero-order valence-corrected chi connectivity index (χ0v) is 10.3. The molecule has 1 aromatic rings. The van der Waals surface area contributed by atoms with Gasteiger partial charge in [-0.25, -0.2) is 4.98 Å². The number of hydrogen-bond acceptors (Lipinski definition) is 6. The van der Waals surface area contributed by atoms with Crippen LogP contribution in [0.25, 0.3) is 0 Å². The maximum Gasteiger partial charge on any atom is 0.242 e. The minimum absolute atomic E-state index is 0.148. The van der Waals surface area contributed by atoms with E-state index in [1.54, 1.807) is 4.90 Å². The second-order valence-electron chi connectivity index (χ2n) is 3.46. The first-order chi connectivity index (χ1) is 8.13. The number of morpholine rings is 1. The predicted molar refractivity (Wildman–Crippen MR) is 63.7 cm³/mol. The normalized spacial score (nSPS) is 20.3. The highest BCUT2D eigenvalue weighted by Crippen LogP contribution is 2.30. The number of thiazole rings is 1. The summed E-state index contributed by atoms with van der Waals surface area (Å²) in [6.07, 6.45) is 0.642. The van der Waals surface area contributed by atoms with Gasteiger partial charge < -0.3 is 15.4 Å². The van der Waals surface area contributed by atoms with Crippen LogP contribution in [0.3, 0.4) is 0 Å². The van der Waals surface area contributed by atoms with Gasteiger partial charge >= 0.3 is 0 Å². The average Bonchev–Trinajstić information content (AvgIpc) is 2.70. The molecule has 2 N–H and O–H groups in total. The van der Waals surface area contributed by atoms with Gasteiger partial charge in [-0.2, -0.15) is 0 Å². The first-order valence-corrected chi connectivity index (χ1v) is 6.08. The number of halogens is 1. The molecule has 1 aliphatic rings. The average molecular weight is 276 g/mol. The number of hydrogen-bond donors (Lipinski definition) is 1. The molecule has 0 bridgehead atoms. The predicted octanol–water partition coefficient (Wildman–Crippen LogP) is 0.299. The van der Waals surface area contributed by atoms with E-state index in [1.807, 2.05) is 0 Å². The van der Waals surface area contributed by atoms with Crippen LogP contribution in [0.2, 0.25) is 5.15 Å². The Labute approximate surface area is 106 Å². The largest absolute Gasteiger partial charge is 0.377 e. The molecule has 1 atom stereocenters. The summed E-state index contributed by atoms with van der Waals surface area (Å²) < 4.78 is 5.19. The van der Waals surface area contributed by atoms with Gasteiger partial charge in [0.25, 0.3) is 0 Å². The van der Waals surface area contributed by atoms with Crippen molar-refractivity contribution in [3.63, 3.8) is 0 Å². The first kappa shape index (κ1) is 12.3. The number of amides is 1. The van der Waals surface area contributed by atoms with Crippen molar-refractivity contribution in [2.45, 2.75) is 6.04 Å². The topological polar surface area (TPSA) is 85.5 Å². The standard InChI is InChI=1S/C9H10ClN3O3S/c10-7-6(3-14)17-9(12-7)13-1-2-16-4-5(13)8(11)15/h3,5H,1-2,4H2,(H2,11,15). The summed E-state index contributed by atoms with van der Waals surface area (Å²) in [4.78, 5) is 28.1. The summed E-state index contributed by atoms with van der Waals surface area (Å²) in [5, 5.41) is 0.666. The van der Waals surface area contributed by atoms with E-state index in [0.29, 0.717) is 29.4 Å². The Balaban J connectivity index is 2.29. The summed E-state index contributed by atoms with van der Waals surface area (Å²) in [6, 6.07) is -0.564. The van der Waals surface area contributed by atoms with Crippen molar-refractivity contribution in [2.24, 2.45) is 5.73 Å². The Hall–Kier alpha value is -1.18. The van der Waals surface area contributed by atoms with E-state index < -0.39 is 11.9 Å². The van der Waals surface area contributed by atoms with Crippen molar-refractivity contribution in [1.82, 2.24) is 4.98 Å². The Morgan fingerprint density at radius 1 is 1.71 bits per heavy atom. The third-order valence-electron chi connectivity index (χ3n) is 2.41. The lowest BCUT2D eigenvalue weighted by Crippen LogP contribution is -2.52. The molecule has 0 saturated carbocycles. The molecule has 17 heavy (non-hydrogen) atoms. The van der Waals surface area contributed by atoms with Crippen LogP contribution in [0, 0.1) is 0 Å². The van der Waals surface area contributed by atoms with Crippen molar-refractivity contribution < 1.29 is 14.3 Å². The van der Waals surface area contributed by atoms with E-state index >= 15 is 0 Å². The molecule has 2 heterocycles. The number of nitrogens with zero attached hydrogens (tertiary/aromatic N) is 2. The highest BCUT2D eigenvalue weighted by atomic mass is 35.5. The Kier molecular flexibility index (Phi) is 3.60. The molecular formula is C9H10ClN3O3S. The van der Waals surface area contributed by atoms with Crippen molar-refractivity contribution in [3.05, 3.63) is 10.0 Å². The van der Waals surface area contributed by atoms with Crippen molar-refractivity contribution in [3.8, 4) is 0 Å². The van der Waals surface area contributed by atoms with Crippen LogP contribution in [0.4, 0.5) is 5.13 Å². The maximum absolute atomic E-state index is 11.3. The summed E-state index contributed by atoms with van der Waals surface area (Å²) in [7, 11) is 0. The van der Waals surface area contributed by atoms with E-state index in [-0.39, 0.29) is 11.8 Å². The lowest BCUT2D eigenvalue weighted by Gasteiger charge is -2.33. The fraction of sp³-hybridized carbons (Fsp3) is 0.444. The van der Waals surface area contributed by atoms with Crippen LogP contribution in [-0.4, -0.2) is 43.0 Å². The molecule has 1 fully saturated rings. The van der Waals surface area contributed by atoms with Gasteiger partial charge in [0.1, 0.15) is 10.9 Å². The molecule has 1 saturated heterocycles. The zero-order valence-electron chi connectivity index (χ0n) is 8.76. The highest BCUT2D eigenvalue weighted by molar-refractivity contribution is 7.17. The first-order valence-electron chi connectivity index (χ1n) is 4.88. The number of carbonyl (C=O) groups is 2. The summed E-state index contributed by atoms with van der Waals surface area (Å²) >= 11 is 6.92. The van der Waals surface area contributed by atoms with Crippen LogP contribution < -0.4 is 10.6 Å². The minimum Gasteiger partial charge on any atom is -0.377 e. The van der Waals surface area contributed by atoms with Gasteiger partial charge in [0.05, 0.1) is 13.2 Å². The second kappa shape index (κ2) is 4.99. The fourth-order valence-corrected chi connectivity index (χ4v) is 2.70. The quantitative estimate of drug-likeness (QED) is 0.802. The lowest BCUT2D eigenvalue weighted by atomic mass is 10.2. The van der Waals surface area contributed by atoms with Gasteiger partial charge in [-0.05, 0) is 0 Å². The van der Waals surface area contributed by atoms with E-state index in [9.17, 15) is 9.59 Å². The van der Waals surface area contributed by atoms with Crippen molar-refractivity contribution in [1.29, 1.82) is 0 Å². The number of rotatable bonds is 3. The van der Waals surface area contributed by atoms with E-state index in [4.69, 9.17) is 22.1 Å². The Bertz CT molecular complexity index is 451. The maximum atomic E-state index is 11.3. The lowest BCUT2D eigenvalue weighted by molar-refractivity contribution is -0.121. The molecular weight excluding hydrogens is 266 g/mol. The molecule has 2 rings (SSSR count). The van der Waals surface area contributed by atoms with E-state index in [0.717, 1.165) is 11.3 Å². The van der Waals surface area contributed by atoms with Crippen LogP contribution in [-0.2, 0) is 9.53 Å². The number of anilines is 1. The van der Waals surface area contributed by atoms with Gasteiger partial charge in [-0.1, -0.05) is 22.9 Å². The van der Waals surface area contributed by atoms with Crippen LogP contribution >= 0.6 is 22.9 Å². The third kappa shape index (κ3) is 2.41. The molecule has 92 valence electrons. The summed E-state index contributed by atoms with van der Waals surface area (Å²) in [5.41, 5.74) is 5.29. The third-order valence-corrected chi connectivity index (χ3v) is 3.83. The molecule has 0 aromatic carbocycles. The van der Waals surface area contributed by atoms with Crippen molar-refractivity contribution >= 4 is 40.3 Å². The molecule has 1 amide bonds. The molecule has 1 aromatic heterocycles. The van der Waals surface area contributed by atoms with Gasteiger partial charge in [0.2, 0.25) is 5.91 Å². The van der Waals surface area contributed by atoms with Crippen LogP contribution in [0.15, 0.2) is 0 Å².